The van der Waals surface area contributed by atoms with Gasteiger partial charge in [0.2, 0.25) is 5.91 Å². The smallest absolute Gasteiger partial charge is 0.323 e. The van der Waals surface area contributed by atoms with E-state index in [0.717, 1.165) is 30.9 Å². The van der Waals surface area contributed by atoms with Crippen LogP contribution in [0.2, 0.25) is 0 Å². The standard InChI is InChI=1S/C32H38N4O3/c1-23(24-7-5-6-8-24)21-31(37)33-27-19-20-36(22-27)28-15-11-25(12-16-28)34-32(38)35-26-13-17-30(18-14-26)39-29-9-3-2-4-10-29/h2-4,9-18,23-24,27H,5-8,19-22H2,1H3,(H,33,37)(H2,34,35,38). The van der Waals surface area contributed by atoms with Gasteiger partial charge in [-0.05, 0) is 78.9 Å². The number of hydrogen-bond acceptors (Lipinski definition) is 4. The highest BCUT2D eigenvalue weighted by atomic mass is 16.5. The lowest BCUT2D eigenvalue weighted by Gasteiger charge is -2.21. The zero-order chi connectivity index (χ0) is 27.0. The molecule has 2 fully saturated rings. The minimum Gasteiger partial charge on any atom is -0.457 e. The minimum atomic E-state index is -0.310. The molecule has 2 atom stereocenters. The molecule has 1 aliphatic carbocycles. The molecule has 2 aliphatic rings. The predicted molar refractivity (Wildman–Crippen MR) is 157 cm³/mol. The molecule has 39 heavy (non-hydrogen) atoms. The van der Waals surface area contributed by atoms with E-state index in [2.05, 4.69) is 27.8 Å². The number of nitrogens with one attached hydrogen (secondary N) is 3. The molecule has 3 N–H and O–H groups in total. The van der Waals surface area contributed by atoms with Gasteiger partial charge in [-0.15, -0.1) is 0 Å². The molecule has 3 aromatic carbocycles. The van der Waals surface area contributed by atoms with Crippen LogP contribution in [0.3, 0.4) is 0 Å². The maximum absolute atomic E-state index is 12.6. The summed E-state index contributed by atoms with van der Waals surface area (Å²) in [5.74, 6) is 2.83. The summed E-state index contributed by atoms with van der Waals surface area (Å²) in [5.41, 5.74) is 2.48. The summed E-state index contributed by atoms with van der Waals surface area (Å²) in [4.78, 5) is 27.4. The molecule has 0 radical (unpaired) electrons. The first-order valence-corrected chi connectivity index (χ1v) is 14.1. The Kier molecular flexibility index (Phi) is 8.66. The van der Waals surface area contributed by atoms with E-state index < -0.39 is 0 Å². The van der Waals surface area contributed by atoms with Gasteiger partial charge < -0.3 is 25.6 Å². The van der Waals surface area contributed by atoms with Crippen molar-refractivity contribution in [1.29, 1.82) is 0 Å². The van der Waals surface area contributed by atoms with Crippen LogP contribution in [0.25, 0.3) is 0 Å². The fourth-order valence-corrected chi connectivity index (χ4v) is 5.66. The van der Waals surface area contributed by atoms with Gasteiger partial charge in [-0.3, -0.25) is 4.79 Å². The zero-order valence-electron chi connectivity index (χ0n) is 22.6. The van der Waals surface area contributed by atoms with E-state index in [1.165, 1.54) is 25.7 Å². The summed E-state index contributed by atoms with van der Waals surface area (Å²) in [6.07, 6.45) is 6.75. The van der Waals surface area contributed by atoms with E-state index in [1.54, 1.807) is 12.1 Å². The molecule has 7 heteroatoms. The van der Waals surface area contributed by atoms with E-state index in [0.29, 0.717) is 35.4 Å². The van der Waals surface area contributed by atoms with Crippen molar-refractivity contribution in [2.75, 3.05) is 28.6 Å². The van der Waals surface area contributed by atoms with Crippen molar-refractivity contribution in [2.24, 2.45) is 11.8 Å². The van der Waals surface area contributed by atoms with E-state index >= 15 is 0 Å². The van der Waals surface area contributed by atoms with Crippen LogP contribution >= 0.6 is 0 Å². The number of amides is 3. The predicted octanol–water partition coefficient (Wildman–Crippen LogP) is 7.03. The summed E-state index contributed by atoms with van der Waals surface area (Å²) >= 11 is 0. The summed E-state index contributed by atoms with van der Waals surface area (Å²) in [5, 5.41) is 8.99. The third-order valence-corrected chi connectivity index (χ3v) is 7.85. The number of para-hydroxylation sites is 1. The summed E-state index contributed by atoms with van der Waals surface area (Å²) in [7, 11) is 0. The largest absolute Gasteiger partial charge is 0.457 e. The van der Waals surface area contributed by atoms with Gasteiger partial charge in [-0.2, -0.15) is 0 Å². The lowest BCUT2D eigenvalue weighted by Crippen LogP contribution is -2.38. The quantitative estimate of drug-likeness (QED) is 0.279. The average molecular weight is 527 g/mol. The van der Waals surface area contributed by atoms with Gasteiger partial charge in [0.05, 0.1) is 0 Å². The molecule has 0 aromatic heterocycles. The maximum Gasteiger partial charge on any atom is 0.323 e. The second-order valence-electron chi connectivity index (χ2n) is 10.8. The van der Waals surface area contributed by atoms with Crippen LogP contribution in [0.1, 0.15) is 45.4 Å². The highest BCUT2D eigenvalue weighted by Gasteiger charge is 2.27. The van der Waals surface area contributed by atoms with Gasteiger partial charge in [0.1, 0.15) is 11.5 Å². The van der Waals surface area contributed by atoms with Crippen molar-refractivity contribution in [2.45, 2.75) is 51.5 Å². The summed E-state index contributed by atoms with van der Waals surface area (Å²) in [6.45, 7) is 3.94. The first-order chi connectivity index (χ1) is 19.0. The van der Waals surface area contributed by atoms with Crippen LogP contribution < -0.4 is 25.6 Å². The third-order valence-electron chi connectivity index (χ3n) is 7.85. The van der Waals surface area contributed by atoms with Gasteiger partial charge >= 0.3 is 6.03 Å². The molecule has 1 heterocycles. The normalized spacial score (nSPS) is 18.0. The van der Waals surface area contributed by atoms with Crippen molar-refractivity contribution in [3.63, 3.8) is 0 Å². The Morgan fingerprint density at radius 2 is 1.46 bits per heavy atom. The van der Waals surface area contributed by atoms with E-state index in [4.69, 9.17) is 4.74 Å². The highest BCUT2D eigenvalue weighted by molar-refractivity contribution is 5.99. The fourth-order valence-electron chi connectivity index (χ4n) is 5.66. The zero-order valence-corrected chi connectivity index (χ0v) is 22.6. The first kappa shape index (κ1) is 26.6. The molecule has 204 valence electrons. The van der Waals surface area contributed by atoms with Gasteiger partial charge in [0, 0.05) is 42.6 Å². The SMILES string of the molecule is CC(CC(=O)NC1CCN(c2ccc(NC(=O)Nc3ccc(Oc4ccccc4)cc3)cc2)C1)C1CCCC1. The topological polar surface area (TPSA) is 82.7 Å². The number of hydrogen-bond donors (Lipinski definition) is 3. The number of urea groups is 1. The monoisotopic (exact) mass is 526 g/mol. The second-order valence-corrected chi connectivity index (χ2v) is 10.8. The van der Waals surface area contributed by atoms with Crippen molar-refractivity contribution in [3.05, 3.63) is 78.9 Å². The van der Waals surface area contributed by atoms with Gasteiger partial charge in [0.15, 0.2) is 0 Å². The fraction of sp³-hybridized carbons (Fsp3) is 0.375. The van der Waals surface area contributed by atoms with E-state index in [9.17, 15) is 9.59 Å². The molecule has 5 rings (SSSR count). The third kappa shape index (κ3) is 7.53. The van der Waals surface area contributed by atoms with Crippen molar-refractivity contribution >= 4 is 29.0 Å². The van der Waals surface area contributed by atoms with Gasteiger partial charge in [0.25, 0.3) is 0 Å². The van der Waals surface area contributed by atoms with Crippen molar-refractivity contribution < 1.29 is 14.3 Å². The Hall–Kier alpha value is -4.00. The minimum absolute atomic E-state index is 0.182. The van der Waals surface area contributed by atoms with E-state index in [1.807, 2.05) is 66.7 Å². The number of rotatable bonds is 9. The highest BCUT2D eigenvalue weighted by Crippen LogP contribution is 2.33. The Morgan fingerprint density at radius 3 is 2.13 bits per heavy atom. The van der Waals surface area contributed by atoms with Gasteiger partial charge in [-0.25, -0.2) is 4.79 Å². The Morgan fingerprint density at radius 1 is 0.846 bits per heavy atom. The molecule has 0 spiro atoms. The Bertz CT molecular complexity index is 1220. The molecule has 1 saturated heterocycles. The lowest BCUT2D eigenvalue weighted by molar-refractivity contribution is -0.122. The van der Waals surface area contributed by atoms with Crippen LogP contribution in [0.4, 0.5) is 21.9 Å². The van der Waals surface area contributed by atoms with Crippen LogP contribution in [-0.2, 0) is 4.79 Å². The summed E-state index contributed by atoms with van der Waals surface area (Å²) < 4.78 is 5.79. The molecular formula is C32H38N4O3. The Balaban J connectivity index is 1.05. The van der Waals surface area contributed by atoms with Gasteiger partial charge in [-0.1, -0.05) is 50.8 Å². The molecule has 7 nitrogen and oxygen atoms in total. The summed E-state index contributed by atoms with van der Waals surface area (Å²) in [6, 6.07) is 24.5. The molecule has 1 saturated carbocycles. The van der Waals surface area contributed by atoms with Crippen LogP contribution in [-0.4, -0.2) is 31.1 Å². The second kappa shape index (κ2) is 12.7. The molecule has 2 unspecified atom stereocenters. The molecular weight excluding hydrogens is 488 g/mol. The van der Waals surface area contributed by atoms with Crippen LogP contribution in [0.15, 0.2) is 78.9 Å². The lowest BCUT2D eigenvalue weighted by atomic mass is 9.89. The number of ether oxygens (including phenoxy) is 1. The van der Waals surface area contributed by atoms with Crippen LogP contribution in [0, 0.1) is 11.8 Å². The number of carbonyl (C=O) groups excluding carboxylic acids is 2. The molecule has 3 aromatic rings. The van der Waals surface area contributed by atoms with E-state index in [-0.39, 0.29) is 18.0 Å². The average Bonchev–Trinajstić information content (AvgIpc) is 3.64. The Labute approximate surface area is 230 Å². The number of benzene rings is 3. The first-order valence-electron chi connectivity index (χ1n) is 14.1. The maximum atomic E-state index is 12.6. The van der Waals surface area contributed by atoms with Crippen molar-refractivity contribution in [1.82, 2.24) is 5.32 Å². The number of carbonyl (C=O) groups is 2. The van der Waals surface area contributed by atoms with Crippen LogP contribution in [0.5, 0.6) is 11.5 Å². The number of nitrogens with zero attached hydrogens (tertiary/aromatic N) is 1. The molecule has 0 bridgehead atoms. The molecule has 3 amide bonds. The number of anilines is 3. The molecule has 1 aliphatic heterocycles. The van der Waals surface area contributed by atoms with Crippen molar-refractivity contribution in [3.8, 4) is 11.5 Å².